The third-order valence-corrected chi connectivity index (χ3v) is 9.03. The molecule has 222 valence electrons. The third kappa shape index (κ3) is 8.66. The maximum atomic E-state index is 14.0. The molecule has 0 saturated heterocycles. The summed E-state index contributed by atoms with van der Waals surface area (Å²) in [4.78, 5) is 50.5. The number of para-hydroxylation sites is 1. The molecule has 0 saturated carbocycles. The Morgan fingerprint density at radius 3 is 1.86 bits per heavy atom. The number of ether oxygens (including phenoxy) is 1. The van der Waals surface area contributed by atoms with Gasteiger partial charge in [-0.05, 0) is 42.3 Å². The van der Waals surface area contributed by atoms with Crippen LogP contribution in [0, 0.1) is 5.92 Å². The number of aliphatic carboxylic acids is 1. The number of hydrogen-bond donors (Lipinski definition) is 3. The summed E-state index contributed by atoms with van der Waals surface area (Å²) in [6.45, 7) is 2.41. The smallest absolute Gasteiger partial charge is 0.412 e. The standard InChI is InChI=1S/C29H29Cl2N2O8P/c1-18(2)27(41-29(38)33-26-21(30)14-9-15-22(26)31)28(37)32-23(16-25(35)36)24(34)17-40-42(39,19-10-5-3-6-11-19)20-12-7-4-8-13-20/h3-15,18,23,27H,16-17H2,1-2H3,(H,32,37)(H,33,38)(H,35,36). The van der Waals surface area contributed by atoms with E-state index < -0.39 is 62.2 Å². The molecular weight excluding hydrogens is 606 g/mol. The van der Waals surface area contributed by atoms with E-state index in [0.29, 0.717) is 10.6 Å². The molecule has 0 aromatic heterocycles. The van der Waals surface area contributed by atoms with Crippen LogP contribution in [0.3, 0.4) is 0 Å². The number of carboxylic acid groups (broad SMARTS) is 1. The molecule has 2 amide bonds. The third-order valence-electron chi connectivity index (χ3n) is 5.95. The lowest BCUT2D eigenvalue weighted by Gasteiger charge is -2.25. The number of benzene rings is 3. The molecule has 2 atom stereocenters. The molecule has 0 spiro atoms. The predicted octanol–water partition coefficient (Wildman–Crippen LogP) is 5.04. The molecule has 0 aliphatic rings. The van der Waals surface area contributed by atoms with Crippen LogP contribution in [0.2, 0.25) is 10.0 Å². The summed E-state index contributed by atoms with van der Waals surface area (Å²) < 4.78 is 25.0. The number of carbonyl (C=O) groups is 4. The summed E-state index contributed by atoms with van der Waals surface area (Å²) in [7, 11) is -3.76. The van der Waals surface area contributed by atoms with Crippen LogP contribution in [-0.4, -0.2) is 47.6 Å². The van der Waals surface area contributed by atoms with Gasteiger partial charge in [-0.15, -0.1) is 0 Å². The Bertz CT molecular complexity index is 1410. The van der Waals surface area contributed by atoms with E-state index in [1.54, 1.807) is 80.6 Å². The van der Waals surface area contributed by atoms with Crippen LogP contribution in [0.25, 0.3) is 0 Å². The molecule has 42 heavy (non-hydrogen) atoms. The van der Waals surface area contributed by atoms with E-state index in [2.05, 4.69) is 10.6 Å². The zero-order valence-corrected chi connectivity index (χ0v) is 25.1. The molecule has 0 heterocycles. The van der Waals surface area contributed by atoms with E-state index in [-0.39, 0.29) is 15.7 Å². The van der Waals surface area contributed by atoms with E-state index >= 15 is 0 Å². The van der Waals surface area contributed by atoms with Gasteiger partial charge in [-0.1, -0.05) is 79.5 Å². The highest BCUT2D eigenvalue weighted by Gasteiger charge is 2.34. The molecule has 0 fully saturated rings. The minimum absolute atomic E-state index is 0.0751. The number of carboxylic acids is 1. The molecule has 10 nitrogen and oxygen atoms in total. The Kier molecular flexibility index (Phi) is 11.7. The van der Waals surface area contributed by atoms with Gasteiger partial charge in [0.05, 0.1) is 22.2 Å². The molecule has 3 rings (SSSR count). The van der Waals surface area contributed by atoms with Crippen molar-refractivity contribution >= 4 is 70.6 Å². The van der Waals surface area contributed by atoms with E-state index in [0.717, 1.165) is 0 Å². The minimum atomic E-state index is -3.76. The summed E-state index contributed by atoms with van der Waals surface area (Å²) in [5.74, 6) is -3.71. The van der Waals surface area contributed by atoms with Crippen LogP contribution < -0.4 is 21.2 Å². The lowest BCUT2D eigenvalue weighted by atomic mass is 10.0. The van der Waals surface area contributed by atoms with Crippen molar-refractivity contribution in [3.05, 3.63) is 88.9 Å². The van der Waals surface area contributed by atoms with Crippen molar-refractivity contribution in [3.8, 4) is 0 Å². The van der Waals surface area contributed by atoms with Crippen LogP contribution >= 0.6 is 30.6 Å². The van der Waals surface area contributed by atoms with Crippen LogP contribution in [0.1, 0.15) is 20.3 Å². The van der Waals surface area contributed by atoms with Gasteiger partial charge in [-0.3, -0.25) is 24.3 Å². The summed E-state index contributed by atoms with van der Waals surface area (Å²) in [6.07, 6.45) is -3.26. The minimum Gasteiger partial charge on any atom is -0.481 e. The number of carbonyl (C=O) groups excluding carboxylic acids is 3. The number of ketones is 1. The highest BCUT2D eigenvalue weighted by Crippen LogP contribution is 2.44. The second-order valence-corrected chi connectivity index (χ2v) is 12.6. The van der Waals surface area contributed by atoms with E-state index in [9.17, 15) is 28.8 Å². The van der Waals surface area contributed by atoms with Crippen molar-refractivity contribution in [2.75, 3.05) is 11.9 Å². The SMILES string of the molecule is CC(C)C(OC(=O)Nc1c(Cl)cccc1Cl)C(=O)NC(CC(=O)O)C(=O)COP(=O)(c1ccccc1)c1ccccc1. The molecule has 3 aromatic rings. The van der Waals surface area contributed by atoms with E-state index in [1.165, 1.54) is 12.1 Å². The first kappa shape index (κ1) is 32.8. The zero-order valence-electron chi connectivity index (χ0n) is 22.7. The van der Waals surface area contributed by atoms with Crippen LogP contribution in [-0.2, 0) is 28.2 Å². The van der Waals surface area contributed by atoms with E-state index in [4.69, 9.17) is 32.5 Å². The highest BCUT2D eigenvalue weighted by atomic mass is 35.5. The molecule has 3 aromatic carbocycles. The molecule has 3 N–H and O–H groups in total. The maximum Gasteiger partial charge on any atom is 0.412 e. The zero-order chi connectivity index (χ0) is 30.9. The van der Waals surface area contributed by atoms with Gasteiger partial charge in [0, 0.05) is 10.6 Å². The second kappa shape index (κ2) is 15.0. The Balaban J connectivity index is 1.76. The summed E-state index contributed by atoms with van der Waals surface area (Å²) in [5.41, 5.74) is 0.0751. The maximum absolute atomic E-state index is 14.0. The number of nitrogens with one attached hydrogen (secondary N) is 2. The highest BCUT2D eigenvalue weighted by molar-refractivity contribution is 7.74. The fourth-order valence-electron chi connectivity index (χ4n) is 3.83. The normalized spacial score (nSPS) is 12.7. The van der Waals surface area contributed by atoms with Crippen molar-refractivity contribution in [3.63, 3.8) is 0 Å². The van der Waals surface area contributed by atoms with Gasteiger partial charge in [0.2, 0.25) is 0 Å². The molecule has 0 aliphatic carbocycles. The van der Waals surface area contributed by atoms with E-state index in [1.807, 2.05) is 0 Å². The number of rotatable bonds is 13. The number of halogens is 2. The van der Waals surface area contributed by atoms with Crippen LogP contribution in [0.15, 0.2) is 78.9 Å². The molecule has 13 heteroatoms. The first-order valence-corrected chi connectivity index (χ1v) is 15.1. The van der Waals surface area contributed by atoms with Crippen molar-refractivity contribution in [2.45, 2.75) is 32.4 Å². The summed E-state index contributed by atoms with van der Waals surface area (Å²) in [6, 6.07) is 19.5. The molecule has 0 radical (unpaired) electrons. The number of Topliss-reactive ketones (excluding diaryl/α,β-unsaturated/α-hetero) is 1. The molecule has 0 aliphatic heterocycles. The molecule has 2 unspecified atom stereocenters. The van der Waals surface area contributed by atoms with Gasteiger partial charge >= 0.3 is 12.1 Å². The molecular formula is C29H29Cl2N2O8P. The van der Waals surface area contributed by atoms with Crippen molar-refractivity contribution in [2.24, 2.45) is 5.92 Å². The van der Waals surface area contributed by atoms with Crippen molar-refractivity contribution in [1.82, 2.24) is 5.32 Å². The Labute approximate surface area is 252 Å². The van der Waals surface area contributed by atoms with Gasteiger partial charge in [0.15, 0.2) is 11.9 Å². The lowest BCUT2D eigenvalue weighted by molar-refractivity contribution is -0.141. The largest absolute Gasteiger partial charge is 0.481 e. The predicted molar refractivity (Wildman–Crippen MR) is 160 cm³/mol. The van der Waals surface area contributed by atoms with Crippen molar-refractivity contribution < 1.29 is 38.1 Å². The van der Waals surface area contributed by atoms with Crippen molar-refractivity contribution in [1.29, 1.82) is 0 Å². The van der Waals surface area contributed by atoms with Gasteiger partial charge in [0.1, 0.15) is 12.6 Å². The second-order valence-electron chi connectivity index (χ2n) is 9.41. The average Bonchev–Trinajstić information content (AvgIpc) is 2.96. The fourth-order valence-corrected chi connectivity index (χ4v) is 6.36. The van der Waals surface area contributed by atoms with Crippen LogP contribution in [0.5, 0.6) is 0 Å². The van der Waals surface area contributed by atoms with Gasteiger partial charge in [-0.2, -0.15) is 0 Å². The first-order chi connectivity index (χ1) is 19.9. The first-order valence-electron chi connectivity index (χ1n) is 12.7. The number of anilines is 1. The lowest BCUT2D eigenvalue weighted by Crippen LogP contribution is -2.50. The molecule has 0 bridgehead atoms. The van der Waals surface area contributed by atoms with Gasteiger partial charge < -0.3 is 19.7 Å². The Hall–Kier alpha value is -3.69. The van der Waals surface area contributed by atoms with Crippen LogP contribution in [0.4, 0.5) is 10.5 Å². The quantitative estimate of drug-likeness (QED) is 0.221. The number of hydrogen-bond acceptors (Lipinski definition) is 7. The summed E-state index contributed by atoms with van der Waals surface area (Å²) in [5, 5.41) is 15.1. The summed E-state index contributed by atoms with van der Waals surface area (Å²) >= 11 is 12.1. The average molecular weight is 635 g/mol. The monoisotopic (exact) mass is 634 g/mol. The topological polar surface area (TPSA) is 148 Å². The van der Waals surface area contributed by atoms with Gasteiger partial charge in [-0.25, -0.2) is 4.79 Å². The Morgan fingerprint density at radius 2 is 1.38 bits per heavy atom. The van der Waals surface area contributed by atoms with Gasteiger partial charge in [0.25, 0.3) is 13.3 Å². The number of amides is 2. The fraction of sp³-hybridized carbons (Fsp3) is 0.241. The Morgan fingerprint density at radius 1 is 0.857 bits per heavy atom.